The van der Waals surface area contributed by atoms with Gasteiger partial charge >= 0.3 is 0 Å². The van der Waals surface area contributed by atoms with E-state index in [1.807, 2.05) is 50.2 Å². The van der Waals surface area contributed by atoms with Gasteiger partial charge in [0.15, 0.2) is 6.61 Å². The quantitative estimate of drug-likeness (QED) is 0.810. The average Bonchev–Trinajstić information content (AvgIpc) is 3.09. The van der Waals surface area contributed by atoms with E-state index < -0.39 is 0 Å². The lowest BCUT2D eigenvalue weighted by Crippen LogP contribution is -2.48. The Morgan fingerprint density at radius 2 is 1.89 bits per heavy atom. The van der Waals surface area contributed by atoms with Gasteiger partial charge in [-0.1, -0.05) is 18.2 Å². The van der Waals surface area contributed by atoms with Gasteiger partial charge in [-0.2, -0.15) is 0 Å². The standard InChI is InChI=1S/C21H29N3O3/c1-16-6-4-5-7-19(16)26-15-21(25)22-14-18(20-9-8-17(2)27-20)24-12-10-23(3)11-13-24/h4-9,18H,10-15H2,1-3H3,(H,22,25). The van der Waals surface area contributed by atoms with E-state index in [0.717, 1.165) is 49.0 Å². The van der Waals surface area contributed by atoms with E-state index in [-0.39, 0.29) is 18.6 Å². The van der Waals surface area contributed by atoms with Crippen molar-refractivity contribution in [2.24, 2.45) is 0 Å². The maximum Gasteiger partial charge on any atom is 0.258 e. The highest BCUT2D eigenvalue weighted by Crippen LogP contribution is 2.23. The largest absolute Gasteiger partial charge is 0.484 e. The van der Waals surface area contributed by atoms with Gasteiger partial charge in [0.2, 0.25) is 0 Å². The molecule has 1 aliphatic heterocycles. The minimum absolute atomic E-state index is 0.0114. The number of piperazine rings is 1. The molecule has 1 fully saturated rings. The van der Waals surface area contributed by atoms with Crippen molar-refractivity contribution in [1.82, 2.24) is 15.1 Å². The first-order chi connectivity index (χ1) is 13.0. The second-order valence-corrected chi connectivity index (χ2v) is 7.16. The maximum atomic E-state index is 12.3. The molecule has 1 aromatic heterocycles. The number of ether oxygens (including phenoxy) is 1. The molecule has 0 aliphatic carbocycles. The molecule has 0 saturated carbocycles. The van der Waals surface area contributed by atoms with Gasteiger partial charge in [-0.3, -0.25) is 9.69 Å². The number of amides is 1. The number of hydrogen-bond donors (Lipinski definition) is 1. The number of aryl methyl sites for hydroxylation is 2. The lowest BCUT2D eigenvalue weighted by molar-refractivity contribution is -0.123. The summed E-state index contributed by atoms with van der Waals surface area (Å²) in [5.74, 6) is 2.40. The number of nitrogens with one attached hydrogen (secondary N) is 1. The minimum Gasteiger partial charge on any atom is -0.484 e. The molecule has 146 valence electrons. The molecule has 3 rings (SSSR count). The Bertz CT molecular complexity index is 751. The number of likely N-dealkylation sites (N-methyl/N-ethyl adjacent to an activating group) is 1. The highest BCUT2D eigenvalue weighted by molar-refractivity contribution is 5.77. The summed E-state index contributed by atoms with van der Waals surface area (Å²) in [5.41, 5.74) is 1.02. The Balaban J connectivity index is 1.57. The third kappa shape index (κ3) is 5.34. The van der Waals surface area contributed by atoms with E-state index in [9.17, 15) is 4.79 Å². The topological polar surface area (TPSA) is 58.0 Å². The monoisotopic (exact) mass is 371 g/mol. The number of benzene rings is 1. The van der Waals surface area contributed by atoms with Crippen molar-refractivity contribution in [3.8, 4) is 5.75 Å². The number of para-hydroxylation sites is 1. The predicted molar refractivity (Wildman–Crippen MR) is 105 cm³/mol. The fourth-order valence-electron chi connectivity index (χ4n) is 3.30. The summed E-state index contributed by atoms with van der Waals surface area (Å²) in [6.07, 6.45) is 0. The van der Waals surface area contributed by atoms with Crippen molar-refractivity contribution in [2.45, 2.75) is 19.9 Å². The first-order valence-corrected chi connectivity index (χ1v) is 9.47. The number of carbonyl (C=O) groups excluding carboxylic acids is 1. The van der Waals surface area contributed by atoms with Gasteiger partial charge in [-0.25, -0.2) is 0 Å². The zero-order chi connectivity index (χ0) is 19.2. The molecule has 0 bridgehead atoms. The normalized spacial score (nSPS) is 16.9. The Hall–Kier alpha value is -2.31. The van der Waals surface area contributed by atoms with Crippen LogP contribution in [0.2, 0.25) is 0 Å². The van der Waals surface area contributed by atoms with Gasteiger partial charge in [-0.15, -0.1) is 0 Å². The number of carbonyl (C=O) groups is 1. The molecule has 1 aromatic carbocycles. The Kier molecular flexibility index (Phi) is 6.53. The van der Waals surface area contributed by atoms with Crippen molar-refractivity contribution >= 4 is 5.91 Å². The second-order valence-electron chi connectivity index (χ2n) is 7.16. The van der Waals surface area contributed by atoms with Crippen LogP contribution in [0.3, 0.4) is 0 Å². The lowest BCUT2D eigenvalue weighted by Gasteiger charge is -2.37. The summed E-state index contributed by atoms with van der Waals surface area (Å²) in [6, 6.07) is 11.7. The van der Waals surface area contributed by atoms with Crippen LogP contribution in [0.1, 0.15) is 23.1 Å². The molecule has 1 saturated heterocycles. The molecule has 0 spiro atoms. The summed E-state index contributed by atoms with van der Waals surface area (Å²) in [4.78, 5) is 17.0. The number of hydrogen-bond acceptors (Lipinski definition) is 5. The number of nitrogens with zero attached hydrogens (tertiary/aromatic N) is 2. The highest BCUT2D eigenvalue weighted by atomic mass is 16.5. The smallest absolute Gasteiger partial charge is 0.258 e. The van der Waals surface area contributed by atoms with Crippen molar-refractivity contribution in [3.05, 3.63) is 53.5 Å². The van der Waals surface area contributed by atoms with Gasteiger partial charge in [-0.05, 0) is 44.7 Å². The van der Waals surface area contributed by atoms with Crippen molar-refractivity contribution in [1.29, 1.82) is 0 Å². The lowest BCUT2D eigenvalue weighted by atomic mass is 10.1. The highest BCUT2D eigenvalue weighted by Gasteiger charge is 2.26. The third-order valence-electron chi connectivity index (χ3n) is 5.01. The molecule has 6 heteroatoms. The van der Waals surface area contributed by atoms with E-state index in [1.165, 1.54) is 0 Å². The minimum atomic E-state index is -0.124. The van der Waals surface area contributed by atoms with Crippen molar-refractivity contribution in [3.63, 3.8) is 0 Å². The predicted octanol–water partition coefficient (Wildman–Crippen LogP) is 2.38. The third-order valence-corrected chi connectivity index (χ3v) is 5.01. The molecule has 6 nitrogen and oxygen atoms in total. The number of furan rings is 1. The fourth-order valence-corrected chi connectivity index (χ4v) is 3.30. The summed E-state index contributed by atoms with van der Waals surface area (Å²) >= 11 is 0. The van der Waals surface area contributed by atoms with Crippen LogP contribution < -0.4 is 10.1 Å². The van der Waals surface area contributed by atoms with Crippen LogP contribution in [-0.4, -0.2) is 62.1 Å². The van der Waals surface area contributed by atoms with Crippen LogP contribution in [-0.2, 0) is 4.79 Å². The van der Waals surface area contributed by atoms with Gasteiger partial charge in [0, 0.05) is 32.7 Å². The van der Waals surface area contributed by atoms with Gasteiger partial charge < -0.3 is 19.4 Å². The summed E-state index contributed by atoms with van der Waals surface area (Å²) in [5, 5.41) is 3.01. The molecule has 1 unspecified atom stereocenters. The average molecular weight is 371 g/mol. The summed E-state index contributed by atoms with van der Waals surface area (Å²) in [6.45, 7) is 8.37. The van der Waals surface area contributed by atoms with Crippen LogP contribution in [0.25, 0.3) is 0 Å². The molecule has 0 radical (unpaired) electrons. The molecule has 1 atom stereocenters. The van der Waals surface area contributed by atoms with Crippen LogP contribution in [0.15, 0.2) is 40.8 Å². The van der Waals surface area contributed by atoms with Crippen molar-refractivity contribution in [2.75, 3.05) is 46.4 Å². The molecule has 27 heavy (non-hydrogen) atoms. The molecular weight excluding hydrogens is 342 g/mol. The van der Waals surface area contributed by atoms with E-state index in [4.69, 9.17) is 9.15 Å². The van der Waals surface area contributed by atoms with Crippen LogP contribution in [0.4, 0.5) is 0 Å². The van der Waals surface area contributed by atoms with Crippen LogP contribution >= 0.6 is 0 Å². The van der Waals surface area contributed by atoms with E-state index >= 15 is 0 Å². The maximum absolute atomic E-state index is 12.3. The van der Waals surface area contributed by atoms with E-state index in [0.29, 0.717) is 6.54 Å². The summed E-state index contributed by atoms with van der Waals surface area (Å²) < 4.78 is 11.5. The Morgan fingerprint density at radius 3 is 2.56 bits per heavy atom. The molecule has 2 aromatic rings. The Labute approximate surface area is 161 Å². The fraction of sp³-hybridized carbons (Fsp3) is 0.476. The molecule has 1 amide bonds. The first-order valence-electron chi connectivity index (χ1n) is 9.47. The van der Waals surface area contributed by atoms with Crippen LogP contribution in [0, 0.1) is 13.8 Å². The second kappa shape index (κ2) is 9.06. The zero-order valence-electron chi connectivity index (χ0n) is 16.4. The summed E-state index contributed by atoms with van der Waals surface area (Å²) in [7, 11) is 2.13. The Morgan fingerprint density at radius 1 is 1.15 bits per heavy atom. The van der Waals surface area contributed by atoms with Crippen LogP contribution in [0.5, 0.6) is 5.75 Å². The molecule has 2 heterocycles. The molecule has 1 N–H and O–H groups in total. The molecule has 1 aliphatic rings. The zero-order valence-corrected chi connectivity index (χ0v) is 16.4. The SMILES string of the molecule is Cc1ccc(C(CNC(=O)COc2ccccc2C)N2CCN(C)CC2)o1. The molecular formula is C21H29N3O3. The van der Waals surface area contributed by atoms with E-state index in [2.05, 4.69) is 22.2 Å². The van der Waals surface area contributed by atoms with Crippen molar-refractivity contribution < 1.29 is 13.9 Å². The first kappa shape index (κ1) is 19.5. The van der Waals surface area contributed by atoms with Gasteiger partial charge in [0.1, 0.15) is 17.3 Å². The van der Waals surface area contributed by atoms with Gasteiger partial charge in [0.25, 0.3) is 5.91 Å². The van der Waals surface area contributed by atoms with Gasteiger partial charge in [0.05, 0.1) is 6.04 Å². The number of rotatable bonds is 7. The van der Waals surface area contributed by atoms with E-state index in [1.54, 1.807) is 0 Å².